The molecule has 0 fully saturated rings. The summed E-state index contributed by atoms with van der Waals surface area (Å²) in [6, 6.07) is 0. The molecule has 17 heavy (non-hydrogen) atoms. The van der Waals surface area contributed by atoms with E-state index in [2.05, 4.69) is 26.9 Å². The lowest BCUT2D eigenvalue weighted by molar-refractivity contribution is 0.644. The molecule has 0 aromatic carbocycles. The summed E-state index contributed by atoms with van der Waals surface area (Å²) in [5.41, 5.74) is 2.08. The molecule has 0 bridgehead atoms. The minimum absolute atomic E-state index is 0.736. The van der Waals surface area contributed by atoms with E-state index in [0.717, 1.165) is 36.7 Å². The van der Waals surface area contributed by atoms with E-state index in [9.17, 15) is 0 Å². The van der Waals surface area contributed by atoms with Crippen LogP contribution in [-0.4, -0.2) is 19.3 Å². The van der Waals surface area contributed by atoms with Gasteiger partial charge in [-0.3, -0.25) is 4.68 Å². The Hall–Kier alpha value is -1.78. The molecule has 0 aliphatic carbocycles. The van der Waals surface area contributed by atoms with Crippen LogP contribution in [0, 0.1) is 6.92 Å². The number of hydrogen-bond donors (Lipinski definition) is 1. The van der Waals surface area contributed by atoms with Crippen LogP contribution in [0.15, 0.2) is 18.6 Å². The van der Waals surface area contributed by atoms with E-state index in [4.69, 9.17) is 0 Å². The standard InChI is InChI=1S/C12H19N5/c1-4-6-17-7-5-13-12(17)8-14-11-9-16(3)15-10(11)2/h5,7,9,14H,4,6,8H2,1-3H3. The van der Waals surface area contributed by atoms with Crippen LogP contribution < -0.4 is 5.32 Å². The van der Waals surface area contributed by atoms with E-state index < -0.39 is 0 Å². The van der Waals surface area contributed by atoms with Crippen LogP contribution in [0.3, 0.4) is 0 Å². The first kappa shape index (κ1) is 11.7. The van der Waals surface area contributed by atoms with Crippen LogP contribution >= 0.6 is 0 Å². The smallest absolute Gasteiger partial charge is 0.128 e. The fourth-order valence-electron chi connectivity index (χ4n) is 1.90. The molecule has 5 nitrogen and oxygen atoms in total. The molecule has 0 atom stereocenters. The van der Waals surface area contributed by atoms with Gasteiger partial charge in [0.15, 0.2) is 0 Å². The van der Waals surface area contributed by atoms with Crippen LogP contribution in [0.1, 0.15) is 24.9 Å². The minimum Gasteiger partial charge on any atom is -0.375 e. The average Bonchev–Trinajstić information content (AvgIpc) is 2.83. The fourth-order valence-corrected chi connectivity index (χ4v) is 1.90. The third-order valence-corrected chi connectivity index (χ3v) is 2.72. The summed E-state index contributed by atoms with van der Waals surface area (Å²) in [5.74, 6) is 1.06. The summed E-state index contributed by atoms with van der Waals surface area (Å²) in [7, 11) is 1.93. The first-order valence-electron chi connectivity index (χ1n) is 5.95. The van der Waals surface area contributed by atoms with Crippen molar-refractivity contribution in [3.05, 3.63) is 30.1 Å². The predicted octanol–water partition coefficient (Wildman–Crippen LogP) is 1.95. The molecule has 2 aromatic heterocycles. The molecule has 2 aromatic rings. The van der Waals surface area contributed by atoms with Gasteiger partial charge in [-0.25, -0.2) is 4.98 Å². The Kier molecular flexibility index (Phi) is 3.46. The van der Waals surface area contributed by atoms with E-state index >= 15 is 0 Å². The Balaban J connectivity index is 2.02. The minimum atomic E-state index is 0.736. The van der Waals surface area contributed by atoms with Crippen LogP contribution in [0.4, 0.5) is 5.69 Å². The first-order chi connectivity index (χ1) is 8.20. The van der Waals surface area contributed by atoms with Crippen LogP contribution in [-0.2, 0) is 20.1 Å². The van der Waals surface area contributed by atoms with Crippen molar-refractivity contribution in [3.8, 4) is 0 Å². The highest BCUT2D eigenvalue weighted by molar-refractivity contribution is 5.45. The van der Waals surface area contributed by atoms with Gasteiger partial charge in [0.25, 0.3) is 0 Å². The van der Waals surface area contributed by atoms with Gasteiger partial charge >= 0.3 is 0 Å². The number of aryl methyl sites for hydroxylation is 3. The number of nitrogens with zero attached hydrogens (tertiary/aromatic N) is 4. The molecule has 0 unspecified atom stereocenters. The molecule has 0 saturated carbocycles. The van der Waals surface area contributed by atoms with Gasteiger partial charge in [0.2, 0.25) is 0 Å². The molecule has 1 N–H and O–H groups in total. The zero-order valence-corrected chi connectivity index (χ0v) is 10.6. The van der Waals surface area contributed by atoms with Crippen molar-refractivity contribution in [2.24, 2.45) is 7.05 Å². The van der Waals surface area contributed by atoms with E-state index in [1.54, 1.807) is 0 Å². The maximum absolute atomic E-state index is 4.36. The van der Waals surface area contributed by atoms with Crippen molar-refractivity contribution in [2.45, 2.75) is 33.4 Å². The number of anilines is 1. The normalized spacial score (nSPS) is 10.8. The van der Waals surface area contributed by atoms with Gasteiger partial charge in [-0.05, 0) is 13.3 Å². The highest BCUT2D eigenvalue weighted by atomic mass is 15.3. The zero-order chi connectivity index (χ0) is 12.3. The Labute approximate surface area is 101 Å². The molecule has 2 heterocycles. The summed E-state index contributed by atoms with van der Waals surface area (Å²) in [6.45, 7) is 5.92. The van der Waals surface area contributed by atoms with E-state index in [1.165, 1.54) is 0 Å². The largest absolute Gasteiger partial charge is 0.375 e. The summed E-state index contributed by atoms with van der Waals surface area (Å²) in [4.78, 5) is 4.36. The average molecular weight is 233 g/mol. The Morgan fingerprint density at radius 3 is 2.88 bits per heavy atom. The number of imidazole rings is 1. The molecule has 0 saturated heterocycles. The predicted molar refractivity (Wildman–Crippen MR) is 67.8 cm³/mol. The molecular weight excluding hydrogens is 214 g/mol. The van der Waals surface area contributed by atoms with Gasteiger partial charge in [-0.2, -0.15) is 5.10 Å². The van der Waals surface area contributed by atoms with Crippen molar-refractivity contribution < 1.29 is 0 Å². The van der Waals surface area contributed by atoms with Crippen molar-refractivity contribution >= 4 is 5.69 Å². The molecule has 0 aliphatic rings. The molecular formula is C12H19N5. The molecule has 0 spiro atoms. The zero-order valence-electron chi connectivity index (χ0n) is 10.6. The van der Waals surface area contributed by atoms with Gasteiger partial charge in [-0.15, -0.1) is 0 Å². The lowest BCUT2D eigenvalue weighted by Gasteiger charge is -2.07. The number of aromatic nitrogens is 4. The maximum atomic E-state index is 4.36. The quantitative estimate of drug-likeness (QED) is 0.858. The molecule has 0 amide bonds. The molecule has 0 radical (unpaired) electrons. The van der Waals surface area contributed by atoms with Crippen LogP contribution in [0.5, 0.6) is 0 Å². The second-order valence-electron chi connectivity index (χ2n) is 4.19. The summed E-state index contributed by atoms with van der Waals surface area (Å²) < 4.78 is 3.99. The van der Waals surface area contributed by atoms with Crippen molar-refractivity contribution in [1.29, 1.82) is 0 Å². The third kappa shape index (κ3) is 2.67. The Morgan fingerprint density at radius 2 is 2.24 bits per heavy atom. The fraction of sp³-hybridized carbons (Fsp3) is 0.500. The monoisotopic (exact) mass is 233 g/mol. The first-order valence-corrected chi connectivity index (χ1v) is 5.95. The van der Waals surface area contributed by atoms with Gasteiger partial charge in [0.05, 0.1) is 17.9 Å². The van der Waals surface area contributed by atoms with Gasteiger partial charge in [-0.1, -0.05) is 6.92 Å². The summed E-state index contributed by atoms with van der Waals surface area (Å²) in [5, 5.41) is 7.67. The van der Waals surface area contributed by atoms with Gasteiger partial charge in [0, 0.05) is 32.2 Å². The van der Waals surface area contributed by atoms with Crippen molar-refractivity contribution in [3.63, 3.8) is 0 Å². The van der Waals surface area contributed by atoms with Crippen molar-refractivity contribution in [1.82, 2.24) is 19.3 Å². The second-order valence-corrected chi connectivity index (χ2v) is 4.19. The topological polar surface area (TPSA) is 47.7 Å². The Morgan fingerprint density at radius 1 is 1.41 bits per heavy atom. The van der Waals surface area contributed by atoms with E-state index in [-0.39, 0.29) is 0 Å². The maximum Gasteiger partial charge on any atom is 0.128 e. The lowest BCUT2D eigenvalue weighted by Crippen LogP contribution is -2.08. The van der Waals surface area contributed by atoms with Crippen LogP contribution in [0.2, 0.25) is 0 Å². The number of rotatable bonds is 5. The number of nitrogens with one attached hydrogen (secondary N) is 1. The summed E-state index contributed by atoms with van der Waals surface area (Å²) >= 11 is 0. The lowest BCUT2D eigenvalue weighted by atomic mass is 10.4. The molecule has 2 rings (SSSR count). The highest BCUT2D eigenvalue weighted by Crippen LogP contribution is 2.12. The molecule has 92 valence electrons. The SMILES string of the molecule is CCCn1ccnc1CNc1cn(C)nc1C. The third-order valence-electron chi connectivity index (χ3n) is 2.72. The number of hydrogen-bond acceptors (Lipinski definition) is 3. The Bertz CT molecular complexity index is 483. The van der Waals surface area contributed by atoms with E-state index in [1.807, 2.05) is 37.2 Å². The molecule has 0 aliphatic heterocycles. The highest BCUT2D eigenvalue weighted by Gasteiger charge is 2.05. The summed E-state index contributed by atoms with van der Waals surface area (Å²) in [6.07, 6.45) is 6.98. The second kappa shape index (κ2) is 5.03. The van der Waals surface area contributed by atoms with Gasteiger partial charge in [0.1, 0.15) is 5.82 Å². The van der Waals surface area contributed by atoms with Crippen molar-refractivity contribution in [2.75, 3.05) is 5.32 Å². The van der Waals surface area contributed by atoms with Crippen LogP contribution in [0.25, 0.3) is 0 Å². The molecule has 5 heteroatoms. The van der Waals surface area contributed by atoms with Gasteiger partial charge < -0.3 is 9.88 Å². The van der Waals surface area contributed by atoms with E-state index in [0.29, 0.717) is 0 Å².